The van der Waals surface area contributed by atoms with Crippen molar-refractivity contribution in [2.24, 2.45) is 0 Å². The van der Waals surface area contributed by atoms with Gasteiger partial charge in [-0.15, -0.1) is 0 Å². The zero-order valence-corrected chi connectivity index (χ0v) is 20.1. The third kappa shape index (κ3) is 6.37. The summed E-state index contributed by atoms with van der Waals surface area (Å²) >= 11 is 2.06. The molecule has 7 heteroatoms. The fraction of sp³-hybridized carbons (Fsp3) is 0.708. The van der Waals surface area contributed by atoms with Gasteiger partial charge in [0.15, 0.2) is 0 Å². The zero-order valence-electron chi connectivity index (χ0n) is 19.3. The minimum atomic E-state index is 0.0356. The Morgan fingerprint density at radius 2 is 1.74 bits per heavy atom. The number of carbonyl (C=O) groups excluding carboxylic acids is 1. The molecule has 0 saturated carbocycles. The van der Waals surface area contributed by atoms with Crippen LogP contribution in [0, 0.1) is 0 Å². The molecule has 3 saturated heterocycles. The maximum atomic E-state index is 12.8. The number of carbonyl (C=O) groups is 1. The highest BCUT2D eigenvalue weighted by Crippen LogP contribution is 2.22. The molecule has 0 bridgehead atoms. The molecule has 0 unspecified atom stereocenters. The molecular formula is C24H39N5OS. The van der Waals surface area contributed by atoms with Gasteiger partial charge in [-0.3, -0.25) is 4.90 Å². The number of thioether (sulfide) groups is 1. The van der Waals surface area contributed by atoms with Crippen LogP contribution in [-0.2, 0) is 6.42 Å². The first-order valence-electron chi connectivity index (χ1n) is 12.0. The summed E-state index contributed by atoms with van der Waals surface area (Å²) in [4.78, 5) is 22.4. The van der Waals surface area contributed by atoms with Gasteiger partial charge < -0.3 is 20.0 Å². The predicted molar refractivity (Wildman–Crippen MR) is 131 cm³/mol. The van der Waals surface area contributed by atoms with Crippen molar-refractivity contribution >= 4 is 23.5 Å². The third-order valence-corrected chi connectivity index (χ3v) is 8.09. The van der Waals surface area contributed by atoms with Crippen molar-refractivity contribution in [1.29, 1.82) is 0 Å². The molecule has 31 heavy (non-hydrogen) atoms. The van der Waals surface area contributed by atoms with E-state index >= 15 is 0 Å². The van der Waals surface area contributed by atoms with Crippen molar-refractivity contribution in [3.8, 4) is 0 Å². The molecule has 3 fully saturated rings. The maximum Gasteiger partial charge on any atom is 0.321 e. The van der Waals surface area contributed by atoms with E-state index < -0.39 is 0 Å². The minimum Gasteiger partial charge on any atom is -0.322 e. The summed E-state index contributed by atoms with van der Waals surface area (Å²) in [5, 5.41) is 3.11. The van der Waals surface area contributed by atoms with Crippen molar-refractivity contribution in [3.05, 3.63) is 29.8 Å². The van der Waals surface area contributed by atoms with E-state index in [1.807, 2.05) is 4.90 Å². The van der Waals surface area contributed by atoms with E-state index in [0.29, 0.717) is 12.1 Å². The highest BCUT2D eigenvalue weighted by Gasteiger charge is 2.32. The molecule has 3 heterocycles. The van der Waals surface area contributed by atoms with Crippen LogP contribution in [0.15, 0.2) is 24.3 Å². The lowest BCUT2D eigenvalue weighted by molar-refractivity contribution is 0.0393. The van der Waals surface area contributed by atoms with Crippen LogP contribution in [0.4, 0.5) is 10.5 Å². The average Bonchev–Trinajstić information content (AvgIpc) is 2.80. The van der Waals surface area contributed by atoms with Gasteiger partial charge >= 0.3 is 6.03 Å². The Morgan fingerprint density at radius 1 is 1.03 bits per heavy atom. The van der Waals surface area contributed by atoms with Crippen molar-refractivity contribution in [3.63, 3.8) is 0 Å². The lowest BCUT2D eigenvalue weighted by Gasteiger charge is -2.46. The molecule has 6 nitrogen and oxygen atoms in total. The molecule has 172 valence electrons. The van der Waals surface area contributed by atoms with E-state index in [9.17, 15) is 4.79 Å². The molecule has 3 aliphatic rings. The van der Waals surface area contributed by atoms with Crippen LogP contribution < -0.4 is 5.32 Å². The number of urea groups is 1. The van der Waals surface area contributed by atoms with Crippen LogP contribution >= 0.6 is 11.8 Å². The van der Waals surface area contributed by atoms with Gasteiger partial charge in [0.1, 0.15) is 0 Å². The van der Waals surface area contributed by atoms with E-state index in [1.165, 1.54) is 56.1 Å². The van der Waals surface area contributed by atoms with Crippen LogP contribution in [0.3, 0.4) is 0 Å². The molecule has 0 aromatic heterocycles. The SMILES string of the molecule is C[C@H]1CN(C(=O)Nc2ccc(CCN3CCSCC3)cc2)CCN1C1CCN(C)CC1. The molecule has 2 amide bonds. The van der Waals surface area contributed by atoms with E-state index in [4.69, 9.17) is 0 Å². The van der Waals surface area contributed by atoms with E-state index in [-0.39, 0.29) is 6.03 Å². The number of rotatable bonds is 5. The van der Waals surface area contributed by atoms with Crippen LogP contribution in [0.5, 0.6) is 0 Å². The number of hydrogen-bond acceptors (Lipinski definition) is 5. The number of amides is 2. The molecular weight excluding hydrogens is 406 g/mol. The first kappa shape index (κ1) is 22.9. The van der Waals surface area contributed by atoms with Gasteiger partial charge in [-0.2, -0.15) is 11.8 Å². The predicted octanol–water partition coefficient (Wildman–Crippen LogP) is 2.91. The summed E-state index contributed by atoms with van der Waals surface area (Å²) in [7, 11) is 2.21. The highest BCUT2D eigenvalue weighted by molar-refractivity contribution is 7.99. The zero-order chi connectivity index (χ0) is 21.6. The second-order valence-corrected chi connectivity index (χ2v) is 10.6. The summed E-state index contributed by atoms with van der Waals surface area (Å²) in [5.41, 5.74) is 2.24. The van der Waals surface area contributed by atoms with Crippen LogP contribution in [0.2, 0.25) is 0 Å². The summed E-state index contributed by atoms with van der Waals surface area (Å²) < 4.78 is 0. The van der Waals surface area contributed by atoms with Crippen LogP contribution in [-0.4, -0.2) is 109 Å². The van der Waals surface area contributed by atoms with Crippen molar-refractivity contribution < 1.29 is 4.79 Å². The summed E-state index contributed by atoms with van der Waals surface area (Å²) in [6.45, 7) is 10.8. The quantitative estimate of drug-likeness (QED) is 0.755. The van der Waals surface area contributed by atoms with Gasteiger partial charge in [-0.05, 0) is 64.0 Å². The van der Waals surface area contributed by atoms with Gasteiger partial charge in [0.25, 0.3) is 0 Å². The molecule has 1 atom stereocenters. The average molecular weight is 446 g/mol. The molecule has 0 radical (unpaired) electrons. The first-order chi connectivity index (χ1) is 15.1. The van der Waals surface area contributed by atoms with E-state index in [2.05, 4.69) is 70.0 Å². The summed E-state index contributed by atoms with van der Waals surface area (Å²) in [5.74, 6) is 2.52. The van der Waals surface area contributed by atoms with Gasteiger partial charge in [0.2, 0.25) is 0 Å². The monoisotopic (exact) mass is 445 g/mol. The first-order valence-corrected chi connectivity index (χ1v) is 13.1. The standard InChI is InChI=1S/C24H39N5OS/c1-20-19-28(13-14-29(20)23-8-10-26(2)11-9-23)24(30)25-22-5-3-21(4-6-22)7-12-27-15-17-31-18-16-27/h3-6,20,23H,7-19H2,1-2H3,(H,25,30)/t20-/m0/s1. The molecule has 0 aliphatic carbocycles. The number of anilines is 1. The van der Waals surface area contributed by atoms with Gasteiger partial charge in [-0.25, -0.2) is 4.79 Å². The van der Waals surface area contributed by atoms with Crippen molar-refractivity contribution in [1.82, 2.24) is 19.6 Å². The lowest BCUT2D eigenvalue weighted by atomic mass is 10.0. The number of nitrogens with one attached hydrogen (secondary N) is 1. The largest absolute Gasteiger partial charge is 0.322 e. The van der Waals surface area contributed by atoms with Crippen molar-refractivity contribution in [2.45, 2.75) is 38.3 Å². The second-order valence-electron chi connectivity index (χ2n) is 9.40. The number of nitrogens with zero attached hydrogens (tertiary/aromatic N) is 4. The van der Waals surface area contributed by atoms with Gasteiger partial charge in [0.05, 0.1) is 0 Å². The van der Waals surface area contributed by atoms with Gasteiger partial charge in [-0.1, -0.05) is 12.1 Å². The van der Waals surface area contributed by atoms with Crippen LogP contribution in [0.1, 0.15) is 25.3 Å². The molecule has 1 aromatic carbocycles. The van der Waals surface area contributed by atoms with Crippen molar-refractivity contribution in [2.75, 3.05) is 76.2 Å². The number of likely N-dealkylation sites (tertiary alicyclic amines) is 1. The van der Waals surface area contributed by atoms with Gasteiger partial charge in [0, 0.05) is 68.5 Å². The van der Waals surface area contributed by atoms with E-state index in [1.54, 1.807) is 0 Å². The number of piperazine rings is 1. The molecule has 3 aliphatic heterocycles. The summed E-state index contributed by atoms with van der Waals surface area (Å²) in [6.07, 6.45) is 3.57. The lowest BCUT2D eigenvalue weighted by Crippen LogP contribution is -2.58. The Bertz CT molecular complexity index is 700. The smallest absolute Gasteiger partial charge is 0.321 e. The number of benzene rings is 1. The van der Waals surface area contributed by atoms with E-state index in [0.717, 1.165) is 38.3 Å². The Kier molecular flexibility index (Phi) is 8.15. The number of piperidine rings is 1. The molecule has 1 aromatic rings. The fourth-order valence-corrected chi connectivity index (χ4v) is 6.07. The minimum absolute atomic E-state index is 0.0356. The second kappa shape index (κ2) is 11.0. The maximum absolute atomic E-state index is 12.8. The Morgan fingerprint density at radius 3 is 2.42 bits per heavy atom. The Labute approximate surface area is 192 Å². The number of hydrogen-bond donors (Lipinski definition) is 1. The normalized spacial score (nSPS) is 25.0. The highest BCUT2D eigenvalue weighted by atomic mass is 32.2. The Balaban J connectivity index is 1.22. The summed E-state index contributed by atoms with van der Waals surface area (Å²) in [6, 6.07) is 9.56. The molecule has 4 rings (SSSR count). The Hall–Kier alpha value is -1.28. The molecule has 0 spiro atoms. The third-order valence-electron chi connectivity index (χ3n) is 7.15. The topological polar surface area (TPSA) is 42.1 Å². The molecule has 1 N–H and O–H groups in total. The fourth-order valence-electron chi connectivity index (χ4n) is 5.09. The van der Waals surface area contributed by atoms with Crippen LogP contribution in [0.25, 0.3) is 0 Å².